The van der Waals surface area contributed by atoms with Crippen LogP contribution in [0.2, 0.25) is 0 Å². The minimum Gasteiger partial charge on any atom is -0.391 e. The molecule has 0 rings (SSSR count). The van der Waals surface area contributed by atoms with Gasteiger partial charge in [-0.25, -0.2) is 0 Å². The molecule has 0 aromatic rings. The standard InChI is InChI=1S/C10H22N2O5S/c1-9(13)11-5-3-4-6-12(2)7-10(14)8-18(15,16)17/h10,14H,3-8H2,1-2H3,(H,11,13)(H,15,16,17). The average molecular weight is 282 g/mol. The van der Waals surface area contributed by atoms with Gasteiger partial charge in [0.15, 0.2) is 0 Å². The van der Waals surface area contributed by atoms with Crippen molar-refractivity contribution < 1.29 is 22.9 Å². The van der Waals surface area contributed by atoms with Gasteiger partial charge in [0.2, 0.25) is 5.91 Å². The zero-order valence-electron chi connectivity index (χ0n) is 10.8. The fourth-order valence-electron chi connectivity index (χ4n) is 1.52. The monoisotopic (exact) mass is 282 g/mol. The van der Waals surface area contributed by atoms with Crippen LogP contribution < -0.4 is 5.32 Å². The molecule has 3 N–H and O–H groups in total. The second-order valence-electron chi connectivity index (χ2n) is 4.35. The van der Waals surface area contributed by atoms with Gasteiger partial charge in [-0.05, 0) is 26.4 Å². The molecule has 0 aliphatic heterocycles. The smallest absolute Gasteiger partial charge is 0.267 e. The summed E-state index contributed by atoms with van der Waals surface area (Å²) in [6.07, 6.45) is 0.550. The second kappa shape index (κ2) is 8.41. The molecule has 18 heavy (non-hydrogen) atoms. The number of hydrogen-bond donors (Lipinski definition) is 3. The number of carbonyl (C=O) groups excluding carboxylic acids is 1. The van der Waals surface area contributed by atoms with E-state index in [1.807, 2.05) is 0 Å². The maximum absolute atomic E-state index is 10.6. The largest absolute Gasteiger partial charge is 0.391 e. The van der Waals surface area contributed by atoms with Gasteiger partial charge in [0, 0.05) is 20.0 Å². The number of likely N-dealkylation sites (N-methyl/N-ethyl adjacent to an activating group) is 1. The number of nitrogens with zero attached hydrogens (tertiary/aromatic N) is 1. The van der Waals surface area contributed by atoms with Gasteiger partial charge in [0.25, 0.3) is 10.1 Å². The summed E-state index contributed by atoms with van der Waals surface area (Å²) in [7, 11) is -2.38. The Morgan fingerprint density at radius 2 is 2.00 bits per heavy atom. The number of aliphatic hydroxyl groups excluding tert-OH is 1. The summed E-state index contributed by atoms with van der Waals surface area (Å²) in [5.41, 5.74) is 0. The van der Waals surface area contributed by atoms with Crippen LogP contribution in [-0.4, -0.2) is 67.4 Å². The summed E-state index contributed by atoms with van der Waals surface area (Å²) in [5.74, 6) is -0.713. The Bertz CT molecular complexity index is 344. The Morgan fingerprint density at radius 3 is 2.50 bits per heavy atom. The summed E-state index contributed by atoms with van der Waals surface area (Å²) in [6, 6.07) is 0. The van der Waals surface area contributed by atoms with E-state index in [1.54, 1.807) is 11.9 Å². The van der Waals surface area contributed by atoms with Gasteiger partial charge in [0.1, 0.15) is 5.75 Å². The summed E-state index contributed by atoms with van der Waals surface area (Å²) in [4.78, 5) is 12.4. The van der Waals surface area contributed by atoms with Crippen molar-refractivity contribution in [3.05, 3.63) is 0 Å². The molecule has 0 radical (unpaired) electrons. The van der Waals surface area contributed by atoms with Gasteiger partial charge in [-0.2, -0.15) is 8.42 Å². The van der Waals surface area contributed by atoms with E-state index < -0.39 is 22.0 Å². The van der Waals surface area contributed by atoms with Crippen molar-refractivity contribution in [2.75, 3.05) is 32.4 Å². The first kappa shape index (κ1) is 17.3. The Balaban J connectivity index is 3.64. The minimum absolute atomic E-state index is 0.0630. The Morgan fingerprint density at radius 1 is 1.39 bits per heavy atom. The van der Waals surface area contributed by atoms with Gasteiger partial charge in [-0.3, -0.25) is 9.35 Å². The van der Waals surface area contributed by atoms with E-state index in [4.69, 9.17) is 4.55 Å². The van der Waals surface area contributed by atoms with E-state index in [-0.39, 0.29) is 12.5 Å². The number of nitrogens with one attached hydrogen (secondary N) is 1. The Hall–Kier alpha value is -0.700. The molecule has 0 aliphatic rings. The lowest BCUT2D eigenvalue weighted by Gasteiger charge is -2.19. The highest BCUT2D eigenvalue weighted by atomic mass is 32.2. The molecule has 0 aromatic heterocycles. The van der Waals surface area contributed by atoms with Crippen molar-refractivity contribution in [3.8, 4) is 0 Å². The van der Waals surface area contributed by atoms with Crippen molar-refractivity contribution in [3.63, 3.8) is 0 Å². The third-order valence-corrected chi connectivity index (χ3v) is 3.07. The second-order valence-corrected chi connectivity index (χ2v) is 5.85. The lowest BCUT2D eigenvalue weighted by molar-refractivity contribution is -0.118. The van der Waals surface area contributed by atoms with Crippen LogP contribution in [0.4, 0.5) is 0 Å². The summed E-state index contributed by atoms with van der Waals surface area (Å²) >= 11 is 0. The third kappa shape index (κ3) is 11.8. The number of hydrogen-bond acceptors (Lipinski definition) is 5. The first-order valence-corrected chi connectivity index (χ1v) is 7.38. The third-order valence-electron chi connectivity index (χ3n) is 2.27. The van der Waals surface area contributed by atoms with Gasteiger partial charge in [-0.15, -0.1) is 0 Å². The normalized spacial score (nSPS) is 13.6. The number of carbonyl (C=O) groups is 1. The molecular weight excluding hydrogens is 260 g/mol. The van der Waals surface area contributed by atoms with E-state index in [1.165, 1.54) is 6.92 Å². The van der Waals surface area contributed by atoms with E-state index in [2.05, 4.69) is 5.32 Å². The SMILES string of the molecule is CC(=O)NCCCCN(C)CC(O)CS(=O)(=O)O. The van der Waals surface area contributed by atoms with Gasteiger partial charge in [-0.1, -0.05) is 0 Å². The van der Waals surface area contributed by atoms with Crippen LogP contribution in [-0.2, 0) is 14.9 Å². The molecule has 0 saturated heterocycles. The van der Waals surface area contributed by atoms with Crippen LogP contribution >= 0.6 is 0 Å². The fourth-order valence-corrected chi connectivity index (χ4v) is 2.11. The quantitative estimate of drug-likeness (QED) is 0.373. The molecule has 7 nitrogen and oxygen atoms in total. The van der Waals surface area contributed by atoms with Crippen LogP contribution in [0.5, 0.6) is 0 Å². The molecule has 0 heterocycles. The number of rotatable bonds is 9. The highest BCUT2D eigenvalue weighted by Crippen LogP contribution is 1.97. The summed E-state index contributed by atoms with van der Waals surface area (Å²) < 4.78 is 29.6. The molecule has 0 fully saturated rings. The van der Waals surface area contributed by atoms with E-state index in [0.717, 1.165) is 12.8 Å². The maximum atomic E-state index is 10.6. The topological polar surface area (TPSA) is 107 Å². The molecule has 0 aromatic carbocycles. The molecule has 0 aliphatic carbocycles. The van der Waals surface area contributed by atoms with Gasteiger partial charge in [0.05, 0.1) is 6.10 Å². The predicted octanol–water partition coefficient (Wildman–Crippen LogP) is -0.917. The van der Waals surface area contributed by atoms with E-state index in [0.29, 0.717) is 13.1 Å². The first-order chi connectivity index (χ1) is 8.20. The minimum atomic E-state index is -4.13. The zero-order valence-corrected chi connectivity index (χ0v) is 11.6. The lowest BCUT2D eigenvalue weighted by Crippen LogP contribution is -2.34. The lowest BCUT2D eigenvalue weighted by atomic mass is 10.3. The highest BCUT2D eigenvalue weighted by molar-refractivity contribution is 7.85. The van der Waals surface area contributed by atoms with Gasteiger partial charge >= 0.3 is 0 Å². The molecule has 108 valence electrons. The van der Waals surface area contributed by atoms with Crippen molar-refractivity contribution >= 4 is 16.0 Å². The zero-order chi connectivity index (χ0) is 14.2. The van der Waals surface area contributed by atoms with Crippen molar-refractivity contribution in [2.24, 2.45) is 0 Å². The molecule has 1 amide bonds. The molecule has 0 bridgehead atoms. The van der Waals surface area contributed by atoms with Gasteiger partial charge < -0.3 is 15.3 Å². The Kier molecular flexibility index (Phi) is 8.08. The first-order valence-electron chi connectivity index (χ1n) is 5.77. The summed E-state index contributed by atoms with van der Waals surface area (Å²) in [5, 5.41) is 12.1. The fraction of sp³-hybridized carbons (Fsp3) is 0.900. The van der Waals surface area contributed by atoms with Crippen LogP contribution in [0.1, 0.15) is 19.8 Å². The van der Waals surface area contributed by atoms with Crippen molar-refractivity contribution in [1.82, 2.24) is 10.2 Å². The van der Waals surface area contributed by atoms with Crippen molar-refractivity contribution in [1.29, 1.82) is 0 Å². The van der Waals surface area contributed by atoms with Crippen LogP contribution in [0.25, 0.3) is 0 Å². The molecular formula is C10H22N2O5S. The molecule has 1 atom stereocenters. The molecule has 1 unspecified atom stereocenters. The van der Waals surface area contributed by atoms with Crippen molar-refractivity contribution in [2.45, 2.75) is 25.9 Å². The summed E-state index contributed by atoms with van der Waals surface area (Å²) in [6.45, 7) is 2.93. The molecule has 8 heteroatoms. The predicted molar refractivity (Wildman–Crippen MR) is 67.8 cm³/mol. The molecule has 0 saturated carbocycles. The maximum Gasteiger partial charge on any atom is 0.267 e. The molecule has 0 spiro atoms. The highest BCUT2D eigenvalue weighted by Gasteiger charge is 2.15. The van der Waals surface area contributed by atoms with Crippen LogP contribution in [0.3, 0.4) is 0 Å². The van der Waals surface area contributed by atoms with E-state index >= 15 is 0 Å². The number of unbranched alkanes of at least 4 members (excludes halogenated alkanes) is 1. The van der Waals surface area contributed by atoms with Crippen LogP contribution in [0, 0.1) is 0 Å². The van der Waals surface area contributed by atoms with Crippen LogP contribution in [0.15, 0.2) is 0 Å². The Labute approximate surface area is 108 Å². The van der Waals surface area contributed by atoms with E-state index in [9.17, 15) is 18.3 Å². The number of aliphatic hydroxyl groups is 1. The average Bonchev–Trinajstić information content (AvgIpc) is 2.12. The number of amides is 1.